The molecule has 0 aliphatic rings. The van der Waals surface area contributed by atoms with Crippen LogP contribution in [0.4, 0.5) is 11.9 Å². The molecule has 6 nitrogen and oxygen atoms in total. The normalized spacial score (nSPS) is 10.5. The number of rotatable bonds is 6. The van der Waals surface area contributed by atoms with Crippen LogP contribution >= 0.6 is 23.4 Å². The lowest BCUT2D eigenvalue weighted by molar-refractivity contribution is 0.850. The number of hydrogen-bond acceptors (Lipinski definition) is 7. The average Bonchev–Trinajstić information content (AvgIpc) is 2.47. The number of anilines is 2. The Morgan fingerprint density at radius 3 is 2.67 bits per heavy atom. The van der Waals surface area contributed by atoms with Gasteiger partial charge in [-0.15, -0.1) is 0 Å². The highest BCUT2D eigenvalue weighted by molar-refractivity contribution is 7.99. The van der Waals surface area contributed by atoms with Crippen molar-refractivity contribution in [2.45, 2.75) is 23.5 Å². The van der Waals surface area contributed by atoms with Crippen molar-refractivity contribution in [2.24, 2.45) is 0 Å². The molecule has 1 N–H and O–H groups in total. The molecule has 2 heterocycles. The van der Waals surface area contributed by atoms with E-state index in [1.807, 2.05) is 25.1 Å². The average molecular weight is 325 g/mol. The lowest BCUT2D eigenvalue weighted by Gasteiger charge is -2.12. The van der Waals surface area contributed by atoms with E-state index in [9.17, 15) is 0 Å². The molecule has 2 aromatic heterocycles. The third-order valence-electron chi connectivity index (χ3n) is 2.43. The molecule has 2 rings (SSSR count). The fourth-order valence-corrected chi connectivity index (χ4v) is 2.22. The second kappa shape index (κ2) is 7.42. The van der Waals surface area contributed by atoms with Crippen molar-refractivity contribution in [3.05, 3.63) is 23.4 Å². The molecule has 0 aliphatic heterocycles. The van der Waals surface area contributed by atoms with Crippen molar-refractivity contribution in [3.8, 4) is 0 Å². The zero-order chi connectivity index (χ0) is 15.2. The molecule has 0 saturated heterocycles. The SMILES string of the molecule is CCCNc1nc(Sc2ccc(Cl)cn2)nc(N(C)C)n1. The summed E-state index contributed by atoms with van der Waals surface area (Å²) in [5, 5.41) is 5.17. The summed E-state index contributed by atoms with van der Waals surface area (Å²) in [6.07, 6.45) is 2.61. The monoisotopic (exact) mass is 324 g/mol. The van der Waals surface area contributed by atoms with E-state index in [4.69, 9.17) is 11.6 Å². The van der Waals surface area contributed by atoms with Crippen LogP contribution < -0.4 is 10.2 Å². The smallest absolute Gasteiger partial charge is 0.230 e. The van der Waals surface area contributed by atoms with E-state index in [1.54, 1.807) is 12.3 Å². The summed E-state index contributed by atoms with van der Waals surface area (Å²) in [7, 11) is 3.79. The van der Waals surface area contributed by atoms with E-state index >= 15 is 0 Å². The molecule has 2 aromatic rings. The van der Waals surface area contributed by atoms with Crippen LogP contribution in [-0.2, 0) is 0 Å². The van der Waals surface area contributed by atoms with Gasteiger partial charge in [-0.2, -0.15) is 15.0 Å². The number of aromatic nitrogens is 4. The summed E-state index contributed by atoms with van der Waals surface area (Å²) >= 11 is 7.21. The highest BCUT2D eigenvalue weighted by Crippen LogP contribution is 2.25. The molecule has 21 heavy (non-hydrogen) atoms. The van der Waals surface area contributed by atoms with Crippen LogP contribution in [0.1, 0.15) is 13.3 Å². The first kappa shape index (κ1) is 15.8. The quantitative estimate of drug-likeness (QED) is 0.876. The molecule has 0 atom stereocenters. The molecule has 8 heteroatoms. The van der Waals surface area contributed by atoms with E-state index < -0.39 is 0 Å². The molecule has 0 aliphatic carbocycles. The number of halogens is 1. The lowest BCUT2D eigenvalue weighted by Crippen LogP contribution is -2.16. The Morgan fingerprint density at radius 1 is 1.24 bits per heavy atom. The Balaban J connectivity index is 2.24. The van der Waals surface area contributed by atoms with E-state index in [0.717, 1.165) is 18.0 Å². The van der Waals surface area contributed by atoms with Crippen LogP contribution in [0.3, 0.4) is 0 Å². The lowest BCUT2D eigenvalue weighted by atomic mass is 10.5. The summed E-state index contributed by atoms with van der Waals surface area (Å²) in [6, 6.07) is 3.63. The van der Waals surface area contributed by atoms with Gasteiger partial charge in [0.2, 0.25) is 17.1 Å². The zero-order valence-electron chi connectivity index (χ0n) is 12.2. The molecule has 0 unspecified atom stereocenters. The van der Waals surface area contributed by atoms with Gasteiger partial charge in [0, 0.05) is 26.8 Å². The molecular weight excluding hydrogens is 308 g/mol. The number of nitrogens with one attached hydrogen (secondary N) is 1. The molecule has 0 aromatic carbocycles. The van der Waals surface area contributed by atoms with Crippen LogP contribution in [0.5, 0.6) is 0 Å². The third kappa shape index (κ3) is 4.71. The highest BCUT2D eigenvalue weighted by Gasteiger charge is 2.10. The predicted molar refractivity (Wildman–Crippen MR) is 86.3 cm³/mol. The fraction of sp³-hybridized carbons (Fsp3) is 0.385. The van der Waals surface area contributed by atoms with Crippen LogP contribution in [0.2, 0.25) is 5.02 Å². The maximum Gasteiger partial charge on any atom is 0.230 e. The van der Waals surface area contributed by atoms with E-state index in [0.29, 0.717) is 22.1 Å². The van der Waals surface area contributed by atoms with Gasteiger partial charge in [0.15, 0.2) is 0 Å². The third-order valence-corrected chi connectivity index (χ3v) is 3.47. The van der Waals surface area contributed by atoms with Gasteiger partial charge >= 0.3 is 0 Å². The van der Waals surface area contributed by atoms with Crippen molar-refractivity contribution in [1.29, 1.82) is 0 Å². The molecule has 0 spiro atoms. The summed E-state index contributed by atoms with van der Waals surface area (Å²) < 4.78 is 0. The van der Waals surface area contributed by atoms with Crippen LogP contribution in [0, 0.1) is 0 Å². The van der Waals surface area contributed by atoms with Crippen molar-refractivity contribution >= 4 is 35.3 Å². The molecule has 0 fully saturated rings. The molecule has 112 valence electrons. The van der Waals surface area contributed by atoms with Crippen molar-refractivity contribution in [3.63, 3.8) is 0 Å². The minimum Gasteiger partial charge on any atom is -0.354 e. The van der Waals surface area contributed by atoms with Gasteiger partial charge in [-0.05, 0) is 30.3 Å². The number of nitrogens with zero attached hydrogens (tertiary/aromatic N) is 5. The van der Waals surface area contributed by atoms with Crippen molar-refractivity contribution in [2.75, 3.05) is 30.9 Å². The summed E-state index contributed by atoms with van der Waals surface area (Å²) in [5.74, 6) is 1.19. The van der Waals surface area contributed by atoms with Gasteiger partial charge < -0.3 is 10.2 Å². The summed E-state index contributed by atoms with van der Waals surface area (Å²) in [6.45, 7) is 2.91. The topological polar surface area (TPSA) is 66.8 Å². The van der Waals surface area contributed by atoms with Gasteiger partial charge in [0.25, 0.3) is 0 Å². The van der Waals surface area contributed by atoms with Gasteiger partial charge in [-0.25, -0.2) is 4.98 Å². The fourth-order valence-electron chi connectivity index (χ4n) is 1.42. The second-order valence-corrected chi connectivity index (χ2v) is 5.90. The Morgan fingerprint density at radius 2 is 2.05 bits per heavy atom. The second-order valence-electron chi connectivity index (χ2n) is 4.48. The maximum atomic E-state index is 5.83. The van der Waals surface area contributed by atoms with E-state index in [2.05, 4.69) is 32.2 Å². The largest absolute Gasteiger partial charge is 0.354 e. The van der Waals surface area contributed by atoms with Crippen LogP contribution in [-0.4, -0.2) is 40.6 Å². The Hall–Kier alpha value is -1.60. The zero-order valence-corrected chi connectivity index (χ0v) is 13.7. The Bertz CT molecular complexity index is 590. The molecule has 0 bridgehead atoms. The maximum absolute atomic E-state index is 5.83. The minimum atomic E-state index is 0.576. The predicted octanol–water partition coefficient (Wildman–Crippen LogP) is 2.96. The highest BCUT2D eigenvalue weighted by atomic mass is 35.5. The Labute approximate surface area is 133 Å². The molecule has 0 amide bonds. The standard InChI is InChI=1S/C13H17ClN6S/c1-4-7-15-11-17-12(20(2)3)19-13(18-11)21-10-6-5-9(14)8-16-10/h5-6,8H,4,7H2,1-3H3,(H,15,17,18,19). The first-order valence-corrected chi connectivity index (χ1v) is 7.74. The number of hydrogen-bond donors (Lipinski definition) is 1. The van der Waals surface area contributed by atoms with Gasteiger partial charge in [-0.3, -0.25) is 0 Å². The molecule has 0 radical (unpaired) electrons. The summed E-state index contributed by atoms with van der Waals surface area (Å²) in [4.78, 5) is 19.3. The van der Waals surface area contributed by atoms with Gasteiger partial charge in [0.1, 0.15) is 5.03 Å². The molecular formula is C13H17ClN6S. The Kier molecular flexibility index (Phi) is 5.58. The molecule has 0 saturated carbocycles. The van der Waals surface area contributed by atoms with Crippen LogP contribution in [0.15, 0.2) is 28.5 Å². The van der Waals surface area contributed by atoms with E-state index in [1.165, 1.54) is 11.8 Å². The number of pyridine rings is 1. The van der Waals surface area contributed by atoms with E-state index in [-0.39, 0.29) is 0 Å². The van der Waals surface area contributed by atoms with Gasteiger partial charge in [0.05, 0.1) is 5.02 Å². The first-order valence-electron chi connectivity index (χ1n) is 6.55. The first-order chi connectivity index (χ1) is 10.1. The van der Waals surface area contributed by atoms with Crippen molar-refractivity contribution < 1.29 is 0 Å². The summed E-state index contributed by atoms with van der Waals surface area (Å²) in [5.41, 5.74) is 0. The minimum absolute atomic E-state index is 0.576. The van der Waals surface area contributed by atoms with Crippen LogP contribution in [0.25, 0.3) is 0 Å². The van der Waals surface area contributed by atoms with Crippen molar-refractivity contribution in [1.82, 2.24) is 19.9 Å². The van der Waals surface area contributed by atoms with Gasteiger partial charge in [-0.1, -0.05) is 18.5 Å².